The van der Waals surface area contributed by atoms with Crippen LogP contribution in [0, 0.1) is 5.92 Å². The maximum atomic E-state index is 12.8. The van der Waals surface area contributed by atoms with Gasteiger partial charge in [-0.05, 0) is 25.2 Å². The molecule has 0 heterocycles. The van der Waals surface area contributed by atoms with Gasteiger partial charge in [0.25, 0.3) is 0 Å². The summed E-state index contributed by atoms with van der Waals surface area (Å²) in [5.74, 6) is 0.0209. The third-order valence-electron chi connectivity index (χ3n) is 14.0. The predicted octanol–water partition coefficient (Wildman–Crippen LogP) is 20.2. The lowest BCUT2D eigenvalue weighted by atomic mass is 10.0. The van der Waals surface area contributed by atoms with E-state index in [9.17, 15) is 14.4 Å². The Morgan fingerprint density at radius 3 is 0.731 bits per heavy atom. The van der Waals surface area contributed by atoms with E-state index in [0.29, 0.717) is 19.3 Å². The van der Waals surface area contributed by atoms with Gasteiger partial charge in [-0.15, -0.1) is 0 Å². The molecule has 0 N–H and O–H groups in total. The SMILES string of the molecule is CCCCCCCCCCCCCCCCCCCCC(=O)OC[C@H](COC(=O)CCCCCCCCCCCCCCCCCCC(C)C)OC(=O)CCCCCCCCCCCCCC. The van der Waals surface area contributed by atoms with E-state index in [4.69, 9.17) is 14.2 Å². The Hall–Kier alpha value is -1.59. The molecule has 0 aliphatic rings. The first-order chi connectivity index (χ1) is 32.9. The smallest absolute Gasteiger partial charge is 0.306 e. The number of rotatable bonds is 56. The molecule has 0 fully saturated rings. The molecular formula is C61H118O6. The zero-order valence-electron chi connectivity index (χ0n) is 45.9. The van der Waals surface area contributed by atoms with E-state index >= 15 is 0 Å². The summed E-state index contributed by atoms with van der Waals surface area (Å²) in [6.07, 6.45) is 61.0. The van der Waals surface area contributed by atoms with Crippen LogP contribution in [-0.4, -0.2) is 37.2 Å². The van der Waals surface area contributed by atoms with Crippen LogP contribution in [0.1, 0.15) is 349 Å². The van der Waals surface area contributed by atoms with Gasteiger partial charge >= 0.3 is 17.9 Å². The van der Waals surface area contributed by atoms with Gasteiger partial charge in [0.1, 0.15) is 13.2 Å². The van der Waals surface area contributed by atoms with Crippen LogP contribution in [0.15, 0.2) is 0 Å². The number of esters is 3. The Kier molecular flexibility index (Phi) is 54.0. The van der Waals surface area contributed by atoms with Crippen molar-refractivity contribution in [2.24, 2.45) is 5.92 Å². The number of hydrogen-bond acceptors (Lipinski definition) is 6. The highest BCUT2D eigenvalue weighted by Gasteiger charge is 2.19. The van der Waals surface area contributed by atoms with Gasteiger partial charge in [-0.25, -0.2) is 0 Å². The highest BCUT2D eigenvalue weighted by molar-refractivity contribution is 5.71. The van der Waals surface area contributed by atoms with Gasteiger partial charge in [-0.1, -0.05) is 310 Å². The predicted molar refractivity (Wildman–Crippen MR) is 289 cm³/mol. The van der Waals surface area contributed by atoms with Crippen LogP contribution < -0.4 is 0 Å². The molecule has 0 spiro atoms. The molecule has 0 saturated heterocycles. The Labute approximate surface area is 418 Å². The van der Waals surface area contributed by atoms with E-state index in [0.717, 1.165) is 63.7 Å². The third-order valence-corrected chi connectivity index (χ3v) is 14.0. The fourth-order valence-electron chi connectivity index (χ4n) is 9.46. The highest BCUT2D eigenvalue weighted by Crippen LogP contribution is 2.18. The van der Waals surface area contributed by atoms with Crippen molar-refractivity contribution in [3.63, 3.8) is 0 Å². The topological polar surface area (TPSA) is 78.9 Å². The summed E-state index contributed by atoms with van der Waals surface area (Å²) in [7, 11) is 0. The molecule has 6 nitrogen and oxygen atoms in total. The maximum Gasteiger partial charge on any atom is 0.306 e. The minimum absolute atomic E-state index is 0.0615. The molecule has 0 aromatic carbocycles. The minimum Gasteiger partial charge on any atom is -0.462 e. The molecule has 0 aliphatic heterocycles. The van der Waals surface area contributed by atoms with Crippen LogP contribution in [0.25, 0.3) is 0 Å². The standard InChI is InChI=1S/C61H118O6/c1-5-7-9-11-13-15-17-19-20-21-22-26-29-33-36-40-44-48-52-59(62)65-55-58(67-61(64)54-50-46-42-38-32-18-16-14-12-10-8-6-2)56-66-60(63)53-49-45-41-37-34-30-27-24-23-25-28-31-35-39-43-47-51-57(3)4/h57-58H,5-56H2,1-4H3/t58-/m1/s1. The molecule has 0 radical (unpaired) electrons. The molecule has 6 heteroatoms. The van der Waals surface area contributed by atoms with Crippen molar-refractivity contribution in [1.82, 2.24) is 0 Å². The van der Waals surface area contributed by atoms with Gasteiger partial charge in [0.15, 0.2) is 6.10 Å². The van der Waals surface area contributed by atoms with Crippen LogP contribution in [0.3, 0.4) is 0 Å². The van der Waals surface area contributed by atoms with Crippen molar-refractivity contribution in [3.05, 3.63) is 0 Å². The Morgan fingerprint density at radius 2 is 0.493 bits per heavy atom. The van der Waals surface area contributed by atoms with Crippen molar-refractivity contribution in [2.45, 2.75) is 355 Å². The van der Waals surface area contributed by atoms with Crippen molar-refractivity contribution in [1.29, 1.82) is 0 Å². The molecule has 1 atom stereocenters. The van der Waals surface area contributed by atoms with Gasteiger partial charge in [0.05, 0.1) is 0 Å². The fourth-order valence-corrected chi connectivity index (χ4v) is 9.46. The molecule has 0 aliphatic carbocycles. The number of unbranched alkanes of at least 4 members (excludes halogenated alkanes) is 43. The first kappa shape index (κ1) is 65.4. The quantitative estimate of drug-likeness (QED) is 0.0343. The average molecular weight is 948 g/mol. The van der Waals surface area contributed by atoms with Gasteiger partial charge in [-0.3, -0.25) is 14.4 Å². The molecule has 0 amide bonds. The number of carbonyl (C=O) groups excluding carboxylic acids is 3. The Balaban J connectivity index is 4.23. The Morgan fingerprint density at radius 1 is 0.284 bits per heavy atom. The summed E-state index contributed by atoms with van der Waals surface area (Å²) in [6.45, 7) is 9.08. The molecule has 398 valence electrons. The first-order valence-corrected chi connectivity index (χ1v) is 30.4. The van der Waals surface area contributed by atoms with Crippen molar-refractivity contribution in [3.8, 4) is 0 Å². The molecule has 0 rings (SSSR count). The largest absolute Gasteiger partial charge is 0.462 e. The van der Waals surface area contributed by atoms with Crippen LogP contribution >= 0.6 is 0 Å². The summed E-state index contributed by atoms with van der Waals surface area (Å²) >= 11 is 0. The summed E-state index contributed by atoms with van der Waals surface area (Å²) in [5, 5.41) is 0. The van der Waals surface area contributed by atoms with E-state index in [-0.39, 0.29) is 31.1 Å². The van der Waals surface area contributed by atoms with Gasteiger partial charge in [0, 0.05) is 19.3 Å². The highest BCUT2D eigenvalue weighted by atomic mass is 16.6. The van der Waals surface area contributed by atoms with Crippen LogP contribution in [-0.2, 0) is 28.6 Å². The second-order valence-corrected chi connectivity index (χ2v) is 21.5. The monoisotopic (exact) mass is 947 g/mol. The van der Waals surface area contributed by atoms with Crippen molar-refractivity contribution < 1.29 is 28.6 Å². The molecule has 0 saturated carbocycles. The van der Waals surface area contributed by atoms with E-state index in [1.807, 2.05) is 0 Å². The second-order valence-electron chi connectivity index (χ2n) is 21.5. The van der Waals surface area contributed by atoms with Gasteiger partial charge < -0.3 is 14.2 Å². The third kappa shape index (κ3) is 55.2. The zero-order chi connectivity index (χ0) is 48.8. The molecule has 0 aromatic heterocycles. The van der Waals surface area contributed by atoms with Crippen molar-refractivity contribution >= 4 is 17.9 Å². The van der Waals surface area contributed by atoms with Crippen molar-refractivity contribution in [2.75, 3.05) is 13.2 Å². The van der Waals surface area contributed by atoms with E-state index in [2.05, 4.69) is 27.7 Å². The zero-order valence-corrected chi connectivity index (χ0v) is 45.9. The number of hydrogen-bond donors (Lipinski definition) is 0. The summed E-state index contributed by atoms with van der Waals surface area (Å²) in [4.78, 5) is 38.2. The van der Waals surface area contributed by atoms with Gasteiger partial charge in [0.2, 0.25) is 0 Å². The lowest BCUT2D eigenvalue weighted by Gasteiger charge is -2.18. The molecule has 67 heavy (non-hydrogen) atoms. The summed E-state index contributed by atoms with van der Waals surface area (Å²) < 4.78 is 16.9. The minimum atomic E-state index is -0.762. The van der Waals surface area contributed by atoms with Crippen LogP contribution in [0.4, 0.5) is 0 Å². The maximum absolute atomic E-state index is 12.8. The van der Waals surface area contributed by atoms with E-state index in [1.54, 1.807) is 0 Å². The van der Waals surface area contributed by atoms with Crippen LogP contribution in [0.5, 0.6) is 0 Å². The molecular weight excluding hydrogens is 829 g/mol. The van der Waals surface area contributed by atoms with E-state index in [1.165, 1.54) is 244 Å². The second kappa shape index (κ2) is 55.3. The number of ether oxygens (including phenoxy) is 3. The molecule has 0 bridgehead atoms. The average Bonchev–Trinajstić information content (AvgIpc) is 3.31. The van der Waals surface area contributed by atoms with E-state index < -0.39 is 6.10 Å². The lowest BCUT2D eigenvalue weighted by molar-refractivity contribution is -0.167. The fraction of sp³-hybridized carbons (Fsp3) is 0.951. The molecule has 0 aromatic rings. The summed E-state index contributed by atoms with van der Waals surface area (Å²) in [6, 6.07) is 0. The lowest BCUT2D eigenvalue weighted by Crippen LogP contribution is -2.30. The normalized spacial score (nSPS) is 12.0. The Bertz CT molecular complexity index is 1010. The first-order valence-electron chi connectivity index (χ1n) is 30.4. The molecule has 0 unspecified atom stereocenters. The summed E-state index contributed by atoms with van der Waals surface area (Å²) in [5.41, 5.74) is 0. The van der Waals surface area contributed by atoms with Gasteiger partial charge in [-0.2, -0.15) is 0 Å². The van der Waals surface area contributed by atoms with Crippen LogP contribution in [0.2, 0.25) is 0 Å². The number of carbonyl (C=O) groups is 3.